The Kier molecular flexibility index (Phi) is 7.10. The van der Waals surface area contributed by atoms with Crippen LogP contribution in [-0.2, 0) is 0 Å². The molecule has 4 aromatic rings. The predicted octanol–water partition coefficient (Wildman–Crippen LogP) is 4.70. The highest BCUT2D eigenvalue weighted by atomic mass is 16.5. The zero-order chi connectivity index (χ0) is 25.7. The zero-order valence-corrected chi connectivity index (χ0v) is 18.8. The molecular weight excluding hydrogens is 460 g/mol. The SMILES string of the molecule is O=C(c1ccccc1)N(O)C(=O)c1ccc(-c2ccc(C(=O)N(O)C(=O)c3ccccc3)cc2)cc1. The van der Waals surface area contributed by atoms with Gasteiger partial charge in [-0.2, -0.15) is 0 Å². The lowest BCUT2D eigenvalue weighted by atomic mass is 10.0. The Morgan fingerprint density at radius 1 is 0.389 bits per heavy atom. The molecule has 2 N–H and O–H groups in total. The van der Waals surface area contributed by atoms with Gasteiger partial charge < -0.3 is 0 Å². The molecule has 4 amide bonds. The molecule has 0 atom stereocenters. The van der Waals surface area contributed by atoms with E-state index in [0.29, 0.717) is 11.1 Å². The van der Waals surface area contributed by atoms with Crippen LogP contribution in [0.2, 0.25) is 0 Å². The molecule has 0 unspecified atom stereocenters. The van der Waals surface area contributed by atoms with E-state index in [1.165, 1.54) is 48.5 Å². The van der Waals surface area contributed by atoms with E-state index in [9.17, 15) is 29.6 Å². The number of hydroxylamine groups is 4. The van der Waals surface area contributed by atoms with Gasteiger partial charge in [0.1, 0.15) is 0 Å². The smallest absolute Gasteiger partial charge is 0.278 e. The second-order valence-corrected chi connectivity index (χ2v) is 7.73. The molecule has 0 saturated heterocycles. The molecule has 8 nitrogen and oxygen atoms in total. The Morgan fingerprint density at radius 3 is 0.917 bits per heavy atom. The van der Waals surface area contributed by atoms with Gasteiger partial charge in [0.25, 0.3) is 23.6 Å². The minimum atomic E-state index is -0.873. The Bertz CT molecular complexity index is 1290. The van der Waals surface area contributed by atoms with Crippen molar-refractivity contribution < 1.29 is 29.6 Å². The van der Waals surface area contributed by atoms with Gasteiger partial charge >= 0.3 is 0 Å². The zero-order valence-electron chi connectivity index (χ0n) is 18.8. The lowest BCUT2D eigenvalue weighted by Gasteiger charge is -2.14. The fraction of sp³-hybridized carbons (Fsp3) is 0. The van der Waals surface area contributed by atoms with Crippen molar-refractivity contribution in [2.24, 2.45) is 0 Å². The molecule has 0 heterocycles. The van der Waals surface area contributed by atoms with Crippen LogP contribution in [-0.4, -0.2) is 44.2 Å². The molecule has 178 valence electrons. The highest BCUT2D eigenvalue weighted by Gasteiger charge is 2.23. The minimum Gasteiger partial charge on any atom is -0.278 e. The average Bonchev–Trinajstić information content (AvgIpc) is 2.96. The number of hydrogen-bond donors (Lipinski definition) is 2. The van der Waals surface area contributed by atoms with E-state index in [1.54, 1.807) is 60.7 Å². The van der Waals surface area contributed by atoms with Gasteiger partial charge in [-0.15, -0.1) is 10.1 Å². The third-order valence-corrected chi connectivity index (χ3v) is 5.41. The Balaban J connectivity index is 1.44. The van der Waals surface area contributed by atoms with E-state index in [4.69, 9.17) is 0 Å². The monoisotopic (exact) mass is 480 g/mol. The van der Waals surface area contributed by atoms with E-state index in [2.05, 4.69) is 0 Å². The third kappa shape index (κ3) is 5.10. The van der Waals surface area contributed by atoms with Crippen LogP contribution < -0.4 is 0 Å². The first-order chi connectivity index (χ1) is 17.4. The topological polar surface area (TPSA) is 115 Å². The molecule has 0 aliphatic heterocycles. The van der Waals surface area contributed by atoms with E-state index < -0.39 is 23.6 Å². The average molecular weight is 480 g/mol. The number of nitrogens with zero attached hydrogens (tertiary/aromatic N) is 2. The number of rotatable bonds is 5. The second kappa shape index (κ2) is 10.6. The van der Waals surface area contributed by atoms with Crippen LogP contribution in [0.25, 0.3) is 11.1 Å². The van der Waals surface area contributed by atoms with Crippen molar-refractivity contribution in [1.29, 1.82) is 0 Å². The van der Waals surface area contributed by atoms with Gasteiger partial charge in [-0.3, -0.25) is 29.6 Å². The van der Waals surface area contributed by atoms with Crippen molar-refractivity contribution in [2.45, 2.75) is 0 Å². The number of carbonyl (C=O) groups excluding carboxylic acids is 4. The van der Waals surface area contributed by atoms with Crippen molar-refractivity contribution in [3.63, 3.8) is 0 Å². The fourth-order valence-corrected chi connectivity index (χ4v) is 3.45. The quantitative estimate of drug-likeness (QED) is 0.243. The summed E-state index contributed by atoms with van der Waals surface area (Å²) in [6.45, 7) is 0. The van der Waals surface area contributed by atoms with Gasteiger partial charge in [0.05, 0.1) is 0 Å². The molecule has 0 aliphatic carbocycles. The summed E-state index contributed by atoms with van der Waals surface area (Å²) in [6.07, 6.45) is 0. The molecule has 4 rings (SSSR count). The van der Waals surface area contributed by atoms with E-state index in [0.717, 1.165) is 0 Å². The second-order valence-electron chi connectivity index (χ2n) is 7.73. The first kappa shape index (κ1) is 24.2. The third-order valence-electron chi connectivity index (χ3n) is 5.41. The van der Waals surface area contributed by atoms with Crippen molar-refractivity contribution in [3.8, 4) is 11.1 Å². The van der Waals surface area contributed by atoms with E-state index >= 15 is 0 Å². The first-order valence-electron chi connectivity index (χ1n) is 10.8. The molecule has 0 fully saturated rings. The van der Waals surface area contributed by atoms with Crippen molar-refractivity contribution in [3.05, 3.63) is 131 Å². The lowest BCUT2D eigenvalue weighted by molar-refractivity contribution is -0.0374. The molecule has 0 aliphatic rings. The molecule has 0 radical (unpaired) electrons. The fourth-order valence-electron chi connectivity index (χ4n) is 3.45. The molecule has 36 heavy (non-hydrogen) atoms. The number of benzene rings is 4. The molecule has 4 aromatic carbocycles. The largest absolute Gasteiger partial charge is 0.284 e. The molecule has 0 aromatic heterocycles. The molecule has 0 saturated carbocycles. The summed E-state index contributed by atoms with van der Waals surface area (Å²) in [7, 11) is 0. The van der Waals surface area contributed by atoms with Crippen LogP contribution in [0.1, 0.15) is 41.4 Å². The summed E-state index contributed by atoms with van der Waals surface area (Å²) >= 11 is 0. The Morgan fingerprint density at radius 2 is 0.639 bits per heavy atom. The maximum Gasteiger partial charge on any atom is 0.284 e. The number of carbonyl (C=O) groups is 4. The standard InChI is InChI=1S/C28H20N2O6/c31-25(21-7-3-1-4-8-21)29(35)27(33)23-15-11-19(12-16-23)20-13-17-24(18-14-20)28(34)30(36)26(32)22-9-5-2-6-10-22/h1-18,35-36H. The van der Waals surface area contributed by atoms with Crippen molar-refractivity contribution in [1.82, 2.24) is 10.1 Å². The van der Waals surface area contributed by atoms with Crippen LogP contribution in [0.4, 0.5) is 0 Å². The Labute approximate surface area is 206 Å². The van der Waals surface area contributed by atoms with Gasteiger partial charge in [0, 0.05) is 22.3 Å². The maximum atomic E-state index is 12.5. The normalized spacial score (nSPS) is 10.4. The number of hydrogen-bond acceptors (Lipinski definition) is 6. The highest BCUT2D eigenvalue weighted by molar-refractivity contribution is 6.10. The van der Waals surface area contributed by atoms with Gasteiger partial charge in [-0.05, 0) is 59.7 Å². The van der Waals surface area contributed by atoms with Crippen LogP contribution >= 0.6 is 0 Å². The minimum absolute atomic E-state index is 0.0716. The number of imide groups is 2. The molecule has 0 spiro atoms. The van der Waals surface area contributed by atoms with E-state index in [1.807, 2.05) is 0 Å². The van der Waals surface area contributed by atoms with Crippen molar-refractivity contribution in [2.75, 3.05) is 0 Å². The van der Waals surface area contributed by atoms with Crippen molar-refractivity contribution >= 4 is 23.6 Å². The molecule has 0 bridgehead atoms. The molecule has 8 heteroatoms. The highest BCUT2D eigenvalue weighted by Crippen LogP contribution is 2.22. The predicted molar refractivity (Wildman–Crippen MR) is 129 cm³/mol. The first-order valence-corrected chi connectivity index (χ1v) is 10.8. The van der Waals surface area contributed by atoms with Crippen LogP contribution in [0.15, 0.2) is 109 Å². The van der Waals surface area contributed by atoms with Gasteiger partial charge in [-0.25, -0.2) is 0 Å². The summed E-state index contributed by atoms with van der Waals surface area (Å²) in [6, 6.07) is 28.2. The summed E-state index contributed by atoms with van der Waals surface area (Å²) in [5, 5.41) is 20.3. The summed E-state index contributed by atoms with van der Waals surface area (Å²) in [4.78, 5) is 49.6. The van der Waals surface area contributed by atoms with E-state index in [-0.39, 0.29) is 32.4 Å². The summed E-state index contributed by atoms with van der Waals surface area (Å²) < 4.78 is 0. The maximum absolute atomic E-state index is 12.5. The summed E-state index contributed by atoms with van der Waals surface area (Å²) in [5.74, 6) is -3.42. The van der Waals surface area contributed by atoms with Gasteiger partial charge in [-0.1, -0.05) is 60.7 Å². The number of amides is 4. The van der Waals surface area contributed by atoms with Gasteiger partial charge in [0.2, 0.25) is 0 Å². The molecular formula is C28H20N2O6. The Hall–Kier alpha value is -4.92. The summed E-state index contributed by atoms with van der Waals surface area (Å²) in [5.41, 5.74) is 1.95. The lowest BCUT2D eigenvalue weighted by Crippen LogP contribution is -2.33. The van der Waals surface area contributed by atoms with Crippen LogP contribution in [0.5, 0.6) is 0 Å². The van der Waals surface area contributed by atoms with Crippen LogP contribution in [0.3, 0.4) is 0 Å². The van der Waals surface area contributed by atoms with Crippen LogP contribution in [0, 0.1) is 0 Å². The van der Waals surface area contributed by atoms with Gasteiger partial charge in [0.15, 0.2) is 0 Å².